The standard InChI is InChI=1S/C16H15NO6.C2H6/c1-9(18)11-6-10(16(20)21)7-12-13(19)8-14(23-15(11)12)17-2-4-22-5-3-17;1-2/h6-8H,2-5H2,1H3,(H,20,21);1-2H3. The highest BCUT2D eigenvalue weighted by molar-refractivity contribution is 6.07. The highest BCUT2D eigenvalue weighted by Crippen LogP contribution is 2.25. The summed E-state index contributed by atoms with van der Waals surface area (Å²) in [6, 6.07) is 3.79. The van der Waals surface area contributed by atoms with Crippen LogP contribution in [-0.4, -0.2) is 43.2 Å². The summed E-state index contributed by atoms with van der Waals surface area (Å²) in [7, 11) is 0. The third-order valence-corrected chi connectivity index (χ3v) is 3.76. The van der Waals surface area contributed by atoms with Crippen LogP contribution < -0.4 is 10.3 Å². The molecule has 0 aliphatic carbocycles. The van der Waals surface area contributed by atoms with Gasteiger partial charge in [-0.15, -0.1) is 0 Å². The molecule has 0 radical (unpaired) electrons. The van der Waals surface area contributed by atoms with E-state index in [0.29, 0.717) is 32.2 Å². The molecular weight excluding hydrogens is 326 g/mol. The monoisotopic (exact) mass is 347 g/mol. The van der Waals surface area contributed by atoms with Crippen molar-refractivity contribution in [1.29, 1.82) is 0 Å². The van der Waals surface area contributed by atoms with Gasteiger partial charge in [0.25, 0.3) is 0 Å². The molecule has 1 aromatic carbocycles. The zero-order chi connectivity index (χ0) is 18.6. The third-order valence-electron chi connectivity index (χ3n) is 3.76. The van der Waals surface area contributed by atoms with E-state index in [4.69, 9.17) is 14.3 Å². The number of nitrogens with zero attached hydrogens (tertiary/aromatic N) is 1. The first-order valence-electron chi connectivity index (χ1n) is 8.16. The molecule has 0 spiro atoms. The molecule has 25 heavy (non-hydrogen) atoms. The fourth-order valence-corrected chi connectivity index (χ4v) is 2.57. The van der Waals surface area contributed by atoms with Gasteiger partial charge in [0.1, 0.15) is 0 Å². The van der Waals surface area contributed by atoms with Gasteiger partial charge in [-0.3, -0.25) is 9.59 Å². The van der Waals surface area contributed by atoms with Crippen molar-refractivity contribution >= 4 is 28.6 Å². The lowest BCUT2D eigenvalue weighted by molar-refractivity contribution is 0.0697. The van der Waals surface area contributed by atoms with Crippen LogP contribution in [0, 0.1) is 0 Å². The van der Waals surface area contributed by atoms with Crippen molar-refractivity contribution in [2.24, 2.45) is 0 Å². The minimum atomic E-state index is -1.20. The highest BCUT2D eigenvalue weighted by atomic mass is 16.5. The average Bonchev–Trinajstić information content (AvgIpc) is 2.63. The van der Waals surface area contributed by atoms with Gasteiger partial charge >= 0.3 is 5.97 Å². The van der Waals surface area contributed by atoms with Crippen molar-refractivity contribution in [2.75, 3.05) is 31.2 Å². The van der Waals surface area contributed by atoms with E-state index >= 15 is 0 Å². The molecule has 1 N–H and O–H groups in total. The average molecular weight is 347 g/mol. The number of hydrogen-bond acceptors (Lipinski definition) is 6. The molecule has 1 aliphatic heterocycles. The minimum Gasteiger partial charge on any atom is -0.478 e. The lowest BCUT2D eigenvalue weighted by Crippen LogP contribution is -2.36. The number of morpholine rings is 1. The molecule has 1 fully saturated rings. The molecule has 1 aliphatic rings. The van der Waals surface area contributed by atoms with Crippen LogP contribution in [0.4, 0.5) is 5.88 Å². The van der Waals surface area contributed by atoms with Crippen LogP contribution in [-0.2, 0) is 4.74 Å². The second-order valence-electron chi connectivity index (χ2n) is 5.31. The Kier molecular flexibility index (Phi) is 5.93. The zero-order valence-electron chi connectivity index (χ0n) is 14.5. The molecule has 7 heteroatoms. The van der Waals surface area contributed by atoms with Crippen molar-refractivity contribution in [3.05, 3.63) is 39.5 Å². The Morgan fingerprint density at radius 3 is 2.32 bits per heavy atom. The van der Waals surface area contributed by atoms with Gasteiger partial charge in [-0.25, -0.2) is 4.79 Å². The summed E-state index contributed by atoms with van der Waals surface area (Å²) in [4.78, 5) is 37.3. The zero-order valence-corrected chi connectivity index (χ0v) is 14.5. The quantitative estimate of drug-likeness (QED) is 0.852. The lowest BCUT2D eigenvalue weighted by Gasteiger charge is -2.27. The largest absolute Gasteiger partial charge is 0.478 e. The van der Waals surface area contributed by atoms with Gasteiger partial charge in [0.2, 0.25) is 0 Å². The lowest BCUT2D eigenvalue weighted by atomic mass is 10.0. The number of carboxylic acids is 1. The van der Waals surface area contributed by atoms with Crippen LogP contribution in [0.25, 0.3) is 11.0 Å². The van der Waals surface area contributed by atoms with E-state index in [9.17, 15) is 14.4 Å². The summed E-state index contributed by atoms with van der Waals surface area (Å²) < 4.78 is 11.0. The van der Waals surface area contributed by atoms with Gasteiger partial charge in [0, 0.05) is 19.2 Å². The van der Waals surface area contributed by atoms with Crippen molar-refractivity contribution in [3.63, 3.8) is 0 Å². The van der Waals surface area contributed by atoms with Gasteiger partial charge in [0.05, 0.1) is 29.7 Å². The molecule has 0 amide bonds. The first-order chi connectivity index (χ1) is 12.0. The van der Waals surface area contributed by atoms with Crippen LogP contribution in [0.1, 0.15) is 41.5 Å². The molecule has 0 atom stereocenters. The molecule has 0 saturated carbocycles. The maximum absolute atomic E-state index is 12.4. The van der Waals surface area contributed by atoms with Crippen molar-refractivity contribution in [2.45, 2.75) is 20.8 Å². The van der Waals surface area contributed by atoms with E-state index in [-0.39, 0.29) is 33.3 Å². The number of carboxylic acid groups (broad SMARTS) is 1. The fraction of sp³-hybridized carbons (Fsp3) is 0.389. The van der Waals surface area contributed by atoms with E-state index in [2.05, 4.69) is 0 Å². The second-order valence-corrected chi connectivity index (χ2v) is 5.31. The first-order valence-corrected chi connectivity index (χ1v) is 8.16. The number of fused-ring (bicyclic) bond motifs is 1. The molecule has 0 bridgehead atoms. The molecule has 1 aromatic heterocycles. The predicted octanol–water partition coefficient (Wildman–Crippen LogP) is 2.56. The maximum Gasteiger partial charge on any atom is 0.335 e. The van der Waals surface area contributed by atoms with Gasteiger partial charge < -0.3 is 19.2 Å². The minimum absolute atomic E-state index is 0.0899. The molecule has 2 aromatic rings. The molecular formula is C18H21NO6. The Morgan fingerprint density at radius 2 is 1.76 bits per heavy atom. The van der Waals surface area contributed by atoms with E-state index in [1.165, 1.54) is 25.1 Å². The van der Waals surface area contributed by atoms with E-state index in [1.807, 2.05) is 18.7 Å². The number of carbonyl (C=O) groups is 2. The first kappa shape index (κ1) is 18.7. The fourth-order valence-electron chi connectivity index (χ4n) is 2.57. The van der Waals surface area contributed by atoms with Gasteiger partial charge in [-0.05, 0) is 19.1 Å². The Bertz CT molecular complexity index is 849. The summed E-state index contributed by atoms with van der Waals surface area (Å²) in [5.41, 5.74) is -0.281. The number of benzene rings is 1. The predicted molar refractivity (Wildman–Crippen MR) is 93.8 cm³/mol. The normalized spacial score (nSPS) is 14.0. The Balaban J connectivity index is 0.00000109. The number of ketones is 1. The van der Waals surface area contributed by atoms with Crippen LogP contribution in [0.15, 0.2) is 27.4 Å². The summed E-state index contributed by atoms with van der Waals surface area (Å²) in [6.45, 7) is 7.52. The van der Waals surface area contributed by atoms with E-state index in [1.54, 1.807) is 0 Å². The molecule has 134 valence electrons. The molecule has 1 saturated heterocycles. The van der Waals surface area contributed by atoms with Gasteiger partial charge in [-0.2, -0.15) is 0 Å². The van der Waals surface area contributed by atoms with E-state index in [0.717, 1.165) is 0 Å². The maximum atomic E-state index is 12.4. The second kappa shape index (κ2) is 7.94. The van der Waals surface area contributed by atoms with Crippen LogP contribution in [0.2, 0.25) is 0 Å². The van der Waals surface area contributed by atoms with Crippen molar-refractivity contribution in [1.82, 2.24) is 0 Å². The molecule has 2 heterocycles. The van der Waals surface area contributed by atoms with Gasteiger partial charge in [-0.1, -0.05) is 13.8 Å². The molecule has 7 nitrogen and oxygen atoms in total. The van der Waals surface area contributed by atoms with Crippen LogP contribution in [0.3, 0.4) is 0 Å². The number of rotatable bonds is 3. The number of Topliss-reactive ketones (excluding diaryl/α,β-unsaturated/α-hetero) is 1. The molecule has 0 unspecified atom stereocenters. The van der Waals surface area contributed by atoms with E-state index < -0.39 is 5.97 Å². The third kappa shape index (κ3) is 3.88. The number of anilines is 1. The van der Waals surface area contributed by atoms with Crippen molar-refractivity contribution in [3.8, 4) is 0 Å². The SMILES string of the molecule is CC.CC(=O)c1cc(C(=O)O)cc2c(=O)cc(N3CCOCC3)oc12. The van der Waals surface area contributed by atoms with Gasteiger partial charge in [0.15, 0.2) is 22.7 Å². The Morgan fingerprint density at radius 1 is 1.12 bits per heavy atom. The number of carbonyl (C=O) groups excluding carboxylic acids is 1. The Hall–Kier alpha value is -2.67. The van der Waals surface area contributed by atoms with Crippen LogP contribution >= 0.6 is 0 Å². The van der Waals surface area contributed by atoms with Crippen molar-refractivity contribution < 1.29 is 23.8 Å². The highest BCUT2D eigenvalue weighted by Gasteiger charge is 2.20. The number of aromatic carboxylic acids is 1. The Labute approximate surface area is 144 Å². The summed E-state index contributed by atoms with van der Waals surface area (Å²) >= 11 is 0. The number of hydrogen-bond donors (Lipinski definition) is 1. The molecule has 3 rings (SSSR count). The van der Waals surface area contributed by atoms with Crippen LogP contribution in [0.5, 0.6) is 0 Å². The topological polar surface area (TPSA) is 97.0 Å². The summed E-state index contributed by atoms with van der Waals surface area (Å²) in [5.74, 6) is -1.21. The summed E-state index contributed by atoms with van der Waals surface area (Å²) in [6.07, 6.45) is 0. The smallest absolute Gasteiger partial charge is 0.335 e. The summed E-state index contributed by atoms with van der Waals surface area (Å²) in [5, 5.41) is 9.22. The number of ether oxygens (including phenoxy) is 1.